The Morgan fingerprint density at radius 3 is 3.00 bits per heavy atom. The summed E-state index contributed by atoms with van der Waals surface area (Å²) in [7, 11) is 0. The summed E-state index contributed by atoms with van der Waals surface area (Å²) in [6, 6.07) is 1.80. The number of hydrogen-bond donors (Lipinski definition) is 2. The predicted molar refractivity (Wildman–Crippen MR) is 51.5 cm³/mol. The number of aryl methyl sites for hydroxylation is 1. The highest BCUT2D eigenvalue weighted by Gasteiger charge is 2.13. The number of hydrogen-bond acceptors (Lipinski definition) is 4. The first-order valence-electron chi connectivity index (χ1n) is 3.95. The molecule has 0 amide bonds. The Hall–Kier alpha value is -1.20. The van der Waals surface area contributed by atoms with Gasteiger partial charge in [-0.15, -0.1) is 0 Å². The molecule has 0 saturated carbocycles. The Morgan fingerprint density at radius 1 is 1.62 bits per heavy atom. The van der Waals surface area contributed by atoms with Crippen LogP contribution in [-0.2, 0) is 0 Å². The number of nitrogens with one attached hydrogen (secondary N) is 1. The van der Waals surface area contributed by atoms with Gasteiger partial charge in [0.25, 0.3) is 0 Å². The Bertz CT molecular complexity index is 379. The molecule has 13 heavy (non-hydrogen) atoms. The Morgan fingerprint density at radius 2 is 2.46 bits per heavy atom. The van der Waals surface area contributed by atoms with Crippen molar-refractivity contribution in [2.45, 2.75) is 13.0 Å². The van der Waals surface area contributed by atoms with Crippen molar-refractivity contribution >= 4 is 11.5 Å². The molecule has 0 bridgehead atoms. The predicted octanol–water partition coefficient (Wildman–Crippen LogP) is 1.22. The smallest absolute Gasteiger partial charge is 0.128 e. The van der Waals surface area contributed by atoms with E-state index in [-0.39, 0.29) is 6.04 Å². The van der Waals surface area contributed by atoms with Crippen LogP contribution in [0, 0.1) is 6.92 Å². The van der Waals surface area contributed by atoms with Crippen LogP contribution in [0.15, 0.2) is 18.5 Å². The lowest BCUT2D eigenvalue weighted by Gasteiger charge is -2.03. The number of imidazole rings is 1. The van der Waals surface area contributed by atoms with Gasteiger partial charge in [-0.3, -0.25) is 0 Å². The van der Waals surface area contributed by atoms with Crippen LogP contribution in [-0.4, -0.2) is 14.3 Å². The van der Waals surface area contributed by atoms with Crippen LogP contribution in [0.1, 0.15) is 22.4 Å². The van der Waals surface area contributed by atoms with Gasteiger partial charge in [-0.1, -0.05) is 0 Å². The molecule has 1 atom stereocenters. The molecule has 68 valence electrons. The average molecular weight is 194 g/mol. The van der Waals surface area contributed by atoms with E-state index in [2.05, 4.69) is 14.3 Å². The monoisotopic (exact) mass is 194 g/mol. The van der Waals surface area contributed by atoms with E-state index in [0.717, 1.165) is 16.4 Å². The highest BCUT2D eigenvalue weighted by atomic mass is 32.1. The van der Waals surface area contributed by atoms with E-state index < -0.39 is 0 Å². The molecule has 3 N–H and O–H groups in total. The van der Waals surface area contributed by atoms with Gasteiger partial charge in [-0.25, -0.2) is 4.98 Å². The van der Waals surface area contributed by atoms with E-state index in [1.807, 2.05) is 13.0 Å². The molecule has 0 aromatic carbocycles. The van der Waals surface area contributed by atoms with Gasteiger partial charge in [0.05, 0.1) is 11.7 Å². The molecule has 0 saturated heterocycles. The van der Waals surface area contributed by atoms with Gasteiger partial charge < -0.3 is 10.7 Å². The van der Waals surface area contributed by atoms with E-state index in [1.54, 1.807) is 12.4 Å². The lowest BCUT2D eigenvalue weighted by Crippen LogP contribution is -2.11. The zero-order valence-electron chi connectivity index (χ0n) is 7.19. The molecule has 4 nitrogen and oxygen atoms in total. The summed E-state index contributed by atoms with van der Waals surface area (Å²) in [6.45, 7) is 1.95. The normalized spacial score (nSPS) is 13.1. The lowest BCUT2D eigenvalue weighted by atomic mass is 10.2. The van der Waals surface area contributed by atoms with Crippen molar-refractivity contribution in [1.29, 1.82) is 0 Å². The van der Waals surface area contributed by atoms with E-state index in [4.69, 9.17) is 5.73 Å². The highest BCUT2D eigenvalue weighted by Crippen LogP contribution is 2.20. The SMILES string of the molecule is Cc1cc(C(N)c2ncc[nH]2)sn1. The fourth-order valence-corrected chi connectivity index (χ4v) is 1.86. The Labute approximate surface area is 80.0 Å². The molecule has 0 radical (unpaired) electrons. The van der Waals surface area contributed by atoms with E-state index in [9.17, 15) is 0 Å². The van der Waals surface area contributed by atoms with Gasteiger partial charge in [0.15, 0.2) is 0 Å². The Balaban J connectivity index is 2.28. The molecular formula is C8H10N4S. The van der Waals surface area contributed by atoms with Crippen LogP contribution in [0.3, 0.4) is 0 Å². The lowest BCUT2D eigenvalue weighted by molar-refractivity contribution is 0.816. The number of nitrogens with zero attached hydrogens (tertiary/aromatic N) is 2. The molecule has 2 heterocycles. The summed E-state index contributed by atoms with van der Waals surface area (Å²) in [6.07, 6.45) is 3.46. The quantitative estimate of drug-likeness (QED) is 0.755. The summed E-state index contributed by atoms with van der Waals surface area (Å²) in [5, 5.41) is 0. The minimum atomic E-state index is -0.179. The Kier molecular flexibility index (Phi) is 2.12. The zero-order valence-corrected chi connectivity index (χ0v) is 8.01. The maximum Gasteiger partial charge on any atom is 0.128 e. The number of aromatic amines is 1. The fourth-order valence-electron chi connectivity index (χ4n) is 1.11. The van der Waals surface area contributed by atoms with E-state index in [0.29, 0.717) is 0 Å². The van der Waals surface area contributed by atoms with Crippen molar-refractivity contribution in [3.63, 3.8) is 0 Å². The van der Waals surface area contributed by atoms with Crippen LogP contribution in [0.2, 0.25) is 0 Å². The average Bonchev–Trinajstić information content (AvgIpc) is 2.72. The first-order valence-corrected chi connectivity index (χ1v) is 4.73. The first kappa shape index (κ1) is 8.40. The van der Waals surface area contributed by atoms with Crippen molar-refractivity contribution < 1.29 is 0 Å². The van der Waals surface area contributed by atoms with Gasteiger partial charge in [0, 0.05) is 17.3 Å². The van der Waals surface area contributed by atoms with Crippen molar-refractivity contribution in [3.8, 4) is 0 Å². The number of rotatable bonds is 2. The summed E-state index contributed by atoms with van der Waals surface area (Å²) in [5.41, 5.74) is 6.95. The van der Waals surface area contributed by atoms with Crippen LogP contribution in [0.4, 0.5) is 0 Å². The second-order valence-electron chi connectivity index (χ2n) is 2.82. The van der Waals surface area contributed by atoms with E-state index in [1.165, 1.54) is 11.5 Å². The van der Waals surface area contributed by atoms with E-state index >= 15 is 0 Å². The number of aromatic nitrogens is 3. The highest BCUT2D eigenvalue weighted by molar-refractivity contribution is 7.05. The molecule has 0 fully saturated rings. The van der Waals surface area contributed by atoms with Crippen LogP contribution in [0.25, 0.3) is 0 Å². The van der Waals surface area contributed by atoms with Crippen LogP contribution in [0.5, 0.6) is 0 Å². The van der Waals surface area contributed by atoms with Crippen molar-refractivity contribution in [2.24, 2.45) is 5.73 Å². The van der Waals surface area contributed by atoms with Crippen molar-refractivity contribution in [3.05, 3.63) is 34.9 Å². The molecule has 0 aliphatic rings. The van der Waals surface area contributed by atoms with Gasteiger partial charge in [-0.05, 0) is 24.5 Å². The van der Waals surface area contributed by atoms with Gasteiger partial charge >= 0.3 is 0 Å². The van der Waals surface area contributed by atoms with Crippen LogP contribution < -0.4 is 5.73 Å². The van der Waals surface area contributed by atoms with Gasteiger partial charge in [0.2, 0.25) is 0 Å². The summed E-state index contributed by atoms with van der Waals surface area (Å²) in [4.78, 5) is 8.12. The maximum absolute atomic E-state index is 5.95. The number of H-pyrrole nitrogens is 1. The third kappa shape index (κ3) is 1.61. The second kappa shape index (κ2) is 3.27. The number of nitrogens with two attached hydrogens (primary N) is 1. The van der Waals surface area contributed by atoms with Crippen LogP contribution >= 0.6 is 11.5 Å². The first-order chi connectivity index (χ1) is 6.27. The topological polar surface area (TPSA) is 67.6 Å². The molecule has 2 aromatic rings. The molecule has 0 aliphatic carbocycles. The third-order valence-corrected chi connectivity index (χ3v) is 2.73. The standard InChI is InChI=1S/C8H10N4S/c1-5-4-6(13-12-5)7(9)8-10-2-3-11-8/h2-4,7H,9H2,1H3,(H,10,11). The minimum absolute atomic E-state index is 0.179. The minimum Gasteiger partial charge on any atom is -0.347 e. The summed E-state index contributed by atoms with van der Waals surface area (Å²) >= 11 is 1.42. The summed E-state index contributed by atoms with van der Waals surface area (Å²) < 4.78 is 4.17. The van der Waals surface area contributed by atoms with Gasteiger partial charge in [0.1, 0.15) is 5.82 Å². The molecule has 2 rings (SSSR count). The maximum atomic E-state index is 5.95. The van der Waals surface area contributed by atoms with Gasteiger partial charge in [-0.2, -0.15) is 4.37 Å². The molecule has 5 heteroatoms. The van der Waals surface area contributed by atoms with Crippen molar-refractivity contribution in [1.82, 2.24) is 14.3 Å². The second-order valence-corrected chi connectivity index (χ2v) is 3.66. The molecular weight excluding hydrogens is 184 g/mol. The zero-order chi connectivity index (χ0) is 9.26. The van der Waals surface area contributed by atoms with Crippen molar-refractivity contribution in [2.75, 3.05) is 0 Å². The fraction of sp³-hybridized carbons (Fsp3) is 0.250. The summed E-state index contributed by atoms with van der Waals surface area (Å²) in [5.74, 6) is 0.781. The largest absolute Gasteiger partial charge is 0.347 e. The molecule has 0 spiro atoms. The molecule has 1 unspecified atom stereocenters. The molecule has 0 aliphatic heterocycles. The molecule has 2 aromatic heterocycles. The third-order valence-electron chi connectivity index (χ3n) is 1.77.